The van der Waals surface area contributed by atoms with Gasteiger partial charge in [0.2, 0.25) is 0 Å². The van der Waals surface area contributed by atoms with Crippen LogP contribution in [0.25, 0.3) is 0 Å². The lowest BCUT2D eigenvalue weighted by molar-refractivity contribution is -0.0346. The van der Waals surface area contributed by atoms with Gasteiger partial charge < -0.3 is 9.84 Å². The van der Waals surface area contributed by atoms with Crippen molar-refractivity contribution in [2.45, 2.75) is 40.7 Å². The smallest absolute Gasteiger partial charge is 0.143 e. The minimum atomic E-state index is -0.169. The molecule has 0 aromatic rings. The van der Waals surface area contributed by atoms with Crippen molar-refractivity contribution in [1.82, 2.24) is 0 Å². The highest BCUT2D eigenvalue weighted by Gasteiger charge is 1.84. The Kier molecular flexibility index (Phi) is 11.2. The first kappa shape index (κ1) is 12.6. The summed E-state index contributed by atoms with van der Waals surface area (Å²) >= 11 is 0. The van der Waals surface area contributed by atoms with E-state index in [-0.39, 0.29) is 12.9 Å². The number of hydrogen-bond donors (Lipinski definition) is 1. The van der Waals surface area contributed by atoms with Gasteiger partial charge in [-0.1, -0.05) is 20.8 Å². The Labute approximate surface area is 64.2 Å². The number of ether oxygens (including phenoxy) is 1. The summed E-state index contributed by atoms with van der Waals surface area (Å²) in [5.41, 5.74) is 0. The molecule has 0 aromatic heterocycles. The van der Waals surface area contributed by atoms with Gasteiger partial charge in [0, 0.05) is 0 Å². The van der Waals surface area contributed by atoms with Crippen molar-refractivity contribution < 1.29 is 9.84 Å². The highest BCUT2D eigenvalue weighted by Crippen LogP contribution is 1.81. The van der Waals surface area contributed by atoms with Crippen molar-refractivity contribution in [3.05, 3.63) is 0 Å². The van der Waals surface area contributed by atoms with Crippen LogP contribution in [0, 0.1) is 5.92 Å². The fraction of sp³-hybridized carbons (Fsp3) is 1.00. The van der Waals surface area contributed by atoms with Crippen LogP contribution in [0.1, 0.15) is 34.6 Å². The van der Waals surface area contributed by atoms with Gasteiger partial charge in [-0.2, -0.15) is 0 Å². The molecule has 0 atom stereocenters. The fourth-order valence-electron chi connectivity index (χ4n) is 0.149. The van der Waals surface area contributed by atoms with Crippen LogP contribution < -0.4 is 0 Å². The van der Waals surface area contributed by atoms with Gasteiger partial charge in [0.15, 0.2) is 0 Å². The third kappa shape index (κ3) is 44.5. The molecule has 1 N–H and O–H groups in total. The van der Waals surface area contributed by atoms with Crippen molar-refractivity contribution in [2.24, 2.45) is 5.92 Å². The van der Waals surface area contributed by atoms with Gasteiger partial charge in [0.1, 0.15) is 6.79 Å². The third-order valence-electron chi connectivity index (χ3n) is 0.408. The summed E-state index contributed by atoms with van der Waals surface area (Å²) in [6.07, 6.45) is 0.148. The minimum Gasteiger partial charge on any atom is -0.371 e. The molecule has 2 nitrogen and oxygen atoms in total. The van der Waals surface area contributed by atoms with Crippen molar-refractivity contribution in [2.75, 3.05) is 6.79 Å². The Balaban J connectivity index is 0. The molecule has 0 aliphatic carbocycles. The van der Waals surface area contributed by atoms with Crippen LogP contribution in [0.3, 0.4) is 0 Å². The maximum absolute atomic E-state index is 8.01. The second-order valence-electron chi connectivity index (χ2n) is 3.08. The molecule has 0 saturated carbocycles. The molecular formula is C8H20O2. The standard InChI is InChI=1S/C4H10O2.C4H10/c1-4(2)6-3-5;1-4(2)3/h4-5H,3H2,1-2H3;4H,1-3H3. The molecule has 0 fully saturated rings. The van der Waals surface area contributed by atoms with Crippen molar-refractivity contribution in [3.8, 4) is 0 Å². The summed E-state index contributed by atoms with van der Waals surface area (Å²) in [5.74, 6) is 0.833. The van der Waals surface area contributed by atoms with E-state index in [9.17, 15) is 0 Å². The van der Waals surface area contributed by atoms with Gasteiger partial charge >= 0.3 is 0 Å². The van der Waals surface area contributed by atoms with Crippen LogP contribution in [-0.2, 0) is 4.74 Å². The predicted octanol–water partition coefficient (Wildman–Crippen LogP) is 2.02. The lowest BCUT2D eigenvalue weighted by Gasteiger charge is -1.99. The molecule has 0 saturated heterocycles. The quantitative estimate of drug-likeness (QED) is 0.607. The van der Waals surface area contributed by atoms with Gasteiger partial charge in [-0.15, -0.1) is 0 Å². The van der Waals surface area contributed by atoms with Crippen LogP contribution >= 0.6 is 0 Å². The average molecular weight is 148 g/mol. The molecule has 0 rings (SSSR count). The zero-order valence-electron chi connectivity index (χ0n) is 7.72. The first-order valence-electron chi connectivity index (χ1n) is 3.73. The van der Waals surface area contributed by atoms with Crippen LogP contribution in [-0.4, -0.2) is 18.0 Å². The Morgan fingerprint density at radius 3 is 1.40 bits per heavy atom. The summed E-state index contributed by atoms with van der Waals surface area (Å²) in [4.78, 5) is 0. The van der Waals surface area contributed by atoms with Crippen molar-refractivity contribution in [1.29, 1.82) is 0 Å². The normalized spacial score (nSPS) is 9.60. The number of rotatable bonds is 2. The van der Waals surface area contributed by atoms with Crippen LogP contribution in [0.15, 0.2) is 0 Å². The maximum Gasteiger partial charge on any atom is 0.143 e. The summed E-state index contributed by atoms with van der Waals surface area (Å²) < 4.78 is 4.60. The summed E-state index contributed by atoms with van der Waals surface area (Å²) in [6, 6.07) is 0. The third-order valence-corrected chi connectivity index (χ3v) is 0.408. The van der Waals surface area contributed by atoms with E-state index < -0.39 is 0 Å². The molecule has 0 aliphatic rings. The Morgan fingerprint density at radius 1 is 1.10 bits per heavy atom. The minimum absolute atomic E-state index is 0.148. The topological polar surface area (TPSA) is 29.5 Å². The average Bonchev–Trinajstić information content (AvgIpc) is 1.62. The number of hydrogen-bond acceptors (Lipinski definition) is 2. The van der Waals surface area contributed by atoms with E-state index in [0.29, 0.717) is 0 Å². The maximum atomic E-state index is 8.01. The molecule has 0 aromatic carbocycles. The van der Waals surface area contributed by atoms with Crippen LogP contribution in [0.5, 0.6) is 0 Å². The van der Waals surface area contributed by atoms with Gasteiger partial charge in [-0.3, -0.25) is 0 Å². The van der Waals surface area contributed by atoms with Gasteiger partial charge in [-0.25, -0.2) is 0 Å². The van der Waals surface area contributed by atoms with E-state index in [2.05, 4.69) is 25.5 Å². The molecule has 0 unspecified atom stereocenters. The molecule has 0 spiro atoms. The van der Waals surface area contributed by atoms with E-state index >= 15 is 0 Å². The second-order valence-corrected chi connectivity index (χ2v) is 3.08. The van der Waals surface area contributed by atoms with Crippen molar-refractivity contribution >= 4 is 0 Å². The largest absolute Gasteiger partial charge is 0.371 e. The summed E-state index contributed by atoms with van der Waals surface area (Å²) in [7, 11) is 0. The summed E-state index contributed by atoms with van der Waals surface area (Å²) in [6.45, 7) is 10.1. The summed E-state index contributed by atoms with van der Waals surface area (Å²) in [5, 5.41) is 8.01. The molecule has 2 heteroatoms. The first-order chi connectivity index (χ1) is 4.50. The van der Waals surface area contributed by atoms with Crippen LogP contribution in [0.2, 0.25) is 0 Å². The number of aliphatic hydroxyl groups excluding tert-OH is 1. The van der Waals surface area contributed by atoms with Gasteiger partial charge in [0.25, 0.3) is 0 Å². The molecule has 0 radical (unpaired) electrons. The first-order valence-corrected chi connectivity index (χ1v) is 3.73. The Morgan fingerprint density at radius 2 is 1.40 bits per heavy atom. The second kappa shape index (κ2) is 8.92. The zero-order chi connectivity index (χ0) is 8.57. The van der Waals surface area contributed by atoms with E-state index in [0.717, 1.165) is 5.92 Å². The van der Waals surface area contributed by atoms with Crippen molar-refractivity contribution in [3.63, 3.8) is 0 Å². The Hall–Kier alpha value is -0.0800. The van der Waals surface area contributed by atoms with Gasteiger partial charge in [0.05, 0.1) is 6.10 Å². The molecule has 0 aliphatic heterocycles. The highest BCUT2D eigenvalue weighted by atomic mass is 16.6. The molecule has 0 heterocycles. The number of aliphatic hydroxyl groups is 1. The van der Waals surface area contributed by atoms with E-state index in [1.165, 1.54) is 0 Å². The molecular weight excluding hydrogens is 128 g/mol. The highest BCUT2D eigenvalue weighted by molar-refractivity contribution is 4.28. The monoisotopic (exact) mass is 148 g/mol. The van der Waals surface area contributed by atoms with Crippen LogP contribution in [0.4, 0.5) is 0 Å². The molecule has 0 amide bonds. The predicted molar refractivity (Wildman–Crippen MR) is 43.8 cm³/mol. The Bertz CT molecular complexity index is 48.5. The van der Waals surface area contributed by atoms with E-state index in [4.69, 9.17) is 5.11 Å². The molecule has 10 heavy (non-hydrogen) atoms. The fourth-order valence-corrected chi connectivity index (χ4v) is 0.149. The van der Waals surface area contributed by atoms with E-state index in [1.54, 1.807) is 0 Å². The SMILES string of the molecule is CC(C)C.CC(C)OCO. The molecule has 0 bridgehead atoms. The van der Waals surface area contributed by atoms with Gasteiger partial charge in [-0.05, 0) is 19.8 Å². The lowest BCUT2D eigenvalue weighted by Crippen LogP contribution is -2.01. The van der Waals surface area contributed by atoms with E-state index in [1.807, 2.05) is 13.8 Å². The zero-order valence-corrected chi connectivity index (χ0v) is 7.72. The molecule has 64 valence electrons. The lowest BCUT2D eigenvalue weighted by atomic mass is 10.3.